The monoisotopic (exact) mass is 352 g/mol. The Labute approximate surface area is 148 Å². The zero-order chi connectivity index (χ0) is 18.7. The number of pyridine rings is 1. The molecule has 0 unspecified atom stereocenters. The van der Waals surface area contributed by atoms with Crippen LogP contribution in [0.3, 0.4) is 0 Å². The van der Waals surface area contributed by atoms with Crippen LogP contribution in [-0.2, 0) is 16.0 Å². The summed E-state index contributed by atoms with van der Waals surface area (Å²) in [7, 11) is 1.29. The highest BCUT2D eigenvalue weighted by atomic mass is 16.5. The van der Waals surface area contributed by atoms with E-state index in [4.69, 9.17) is 9.84 Å². The van der Waals surface area contributed by atoms with Gasteiger partial charge in [-0.15, -0.1) is 10.2 Å². The summed E-state index contributed by atoms with van der Waals surface area (Å²) in [5, 5.41) is 17.5. The van der Waals surface area contributed by atoms with E-state index in [9.17, 15) is 9.59 Å². The zero-order valence-corrected chi connectivity index (χ0v) is 14.2. The summed E-state index contributed by atoms with van der Waals surface area (Å²) in [6.07, 6.45) is 1.45. The molecule has 0 bridgehead atoms. The topological polar surface area (TPSA) is 106 Å². The van der Waals surface area contributed by atoms with E-state index in [1.165, 1.54) is 7.11 Å². The zero-order valence-electron chi connectivity index (χ0n) is 14.2. The molecule has 2 aromatic heterocycles. The van der Waals surface area contributed by atoms with Gasteiger partial charge in [-0.25, -0.2) is 9.78 Å². The molecule has 0 saturated carbocycles. The summed E-state index contributed by atoms with van der Waals surface area (Å²) >= 11 is 0. The van der Waals surface area contributed by atoms with Gasteiger partial charge >= 0.3 is 11.9 Å². The van der Waals surface area contributed by atoms with Crippen LogP contribution in [0.1, 0.15) is 21.6 Å². The maximum absolute atomic E-state index is 11.8. The van der Waals surface area contributed by atoms with Gasteiger partial charge in [0.25, 0.3) is 0 Å². The van der Waals surface area contributed by atoms with Crippen molar-refractivity contribution in [3.8, 4) is 0 Å². The van der Waals surface area contributed by atoms with Gasteiger partial charge in [0.05, 0.1) is 24.8 Å². The van der Waals surface area contributed by atoms with Crippen LogP contribution in [0.25, 0.3) is 5.65 Å². The third-order valence-electron chi connectivity index (χ3n) is 3.77. The fourth-order valence-corrected chi connectivity index (χ4v) is 2.55. The number of carbonyl (C=O) groups is 2. The molecule has 0 spiro atoms. The molecule has 0 fully saturated rings. The van der Waals surface area contributed by atoms with E-state index >= 15 is 0 Å². The largest absolute Gasteiger partial charge is 0.481 e. The van der Waals surface area contributed by atoms with Crippen molar-refractivity contribution in [3.63, 3.8) is 0 Å². The molecule has 0 radical (unpaired) electrons. The average molecular weight is 352 g/mol. The summed E-state index contributed by atoms with van der Waals surface area (Å²) in [5.41, 5.74) is 2.38. The first-order chi connectivity index (χ1) is 12.5. The van der Waals surface area contributed by atoms with E-state index in [0.717, 1.165) is 5.56 Å². The van der Waals surface area contributed by atoms with Gasteiger partial charge in [-0.2, -0.15) is 0 Å². The second-order valence-electron chi connectivity index (χ2n) is 5.55. The van der Waals surface area contributed by atoms with Gasteiger partial charge in [0.15, 0.2) is 5.82 Å². The maximum atomic E-state index is 11.8. The number of rotatable bonds is 5. The molecule has 0 saturated heterocycles. The number of fused-ring (bicyclic) bond motifs is 1. The van der Waals surface area contributed by atoms with E-state index in [-0.39, 0.29) is 12.0 Å². The summed E-state index contributed by atoms with van der Waals surface area (Å²) in [6.45, 7) is 1.88. The number of hydrogen-bond donors (Lipinski definition) is 1. The summed E-state index contributed by atoms with van der Waals surface area (Å²) in [4.78, 5) is 27.4. The number of aromatic nitrogens is 2. The second-order valence-corrected chi connectivity index (χ2v) is 5.55. The molecule has 132 valence electrons. The first-order valence-corrected chi connectivity index (χ1v) is 7.78. The number of aryl methyl sites for hydroxylation is 1. The van der Waals surface area contributed by atoms with Crippen molar-refractivity contribution < 1.29 is 19.4 Å². The van der Waals surface area contributed by atoms with Gasteiger partial charge in [0.2, 0.25) is 0 Å². The number of methoxy groups -OCH3 is 1. The van der Waals surface area contributed by atoms with Gasteiger partial charge in [-0.05, 0) is 30.7 Å². The minimum atomic E-state index is -1.02. The van der Waals surface area contributed by atoms with Gasteiger partial charge in [0.1, 0.15) is 11.3 Å². The predicted molar refractivity (Wildman–Crippen MR) is 93.2 cm³/mol. The van der Waals surface area contributed by atoms with Crippen LogP contribution in [0.4, 0.5) is 11.5 Å². The molecule has 26 heavy (non-hydrogen) atoms. The van der Waals surface area contributed by atoms with Gasteiger partial charge in [0, 0.05) is 6.20 Å². The molecule has 3 rings (SSSR count). The molecule has 0 aliphatic heterocycles. The number of azo groups is 1. The Balaban J connectivity index is 2.11. The van der Waals surface area contributed by atoms with E-state index in [1.54, 1.807) is 34.9 Å². The van der Waals surface area contributed by atoms with Gasteiger partial charge in [-0.1, -0.05) is 18.2 Å². The summed E-state index contributed by atoms with van der Waals surface area (Å²) < 4.78 is 6.42. The van der Waals surface area contributed by atoms with Gasteiger partial charge < -0.3 is 9.84 Å². The van der Waals surface area contributed by atoms with Crippen LogP contribution in [-0.4, -0.2) is 33.5 Å². The number of esters is 1. The molecule has 8 nitrogen and oxygen atoms in total. The Morgan fingerprint density at radius 3 is 2.69 bits per heavy atom. The molecule has 1 aromatic carbocycles. The highest BCUT2D eigenvalue weighted by molar-refractivity contribution is 5.94. The molecule has 0 aliphatic rings. The molecule has 0 aliphatic carbocycles. The number of benzene rings is 1. The lowest BCUT2D eigenvalue weighted by molar-refractivity contribution is -0.136. The molecule has 1 N–H and O–H groups in total. The maximum Gasteiger partial charge on any atom is 0.340 e. The highest BCUT2D eigenvalue weighted by Gasteiger charge is 2.17. The van der Waals surface area contributed by atoms with Crippen molar-refractivity contribution in [1.29, 1.82) is 0 Å². The van der Waals surface area contributed by atoms with E-state index in [0.29, 0.717) is 22.8 Å². The number of nitrogens with zero attached hydrogens (tertiary/aromatic N) is 4. The fraction of sp³-hybridized carbons (Fsp3) is 0.167. The molecule has 0 atom stereocenters. The summed E-state index contributed by atoms with van der Waals surface area (Å²) in [5.74, 6) is -1.23. The van der Waals surface area contributed by atoms with Crippen LogP contribution in [0.2, 0.25) is 0 Å². The van der Waals surface area contributed by atoms with Crippen molar-refractivity contribution >= 4 is 29.1 Å². The Kier molecular flexibility index (Phi) is 4.74. The fourth-order valence-electron chi connectivity index (χ4n) is 2.55. The lowest BCUT2D eigenvalue weighted by Crippen LogP contribution is -2.01. The highest BCUT2D eigenvalue weighted by Crippen LogP contribution is 2.27. The van der Waals surface area contributed by atoms with Crippen molar-refractivity contribution in [1.82, 2.24) is 9.38 Å². The van der Waals surface area contributed by atoms with Crippen molar-refractivity contribution in [2.45, 2.75) is 13.3 Å². The first kappa shape index (κ1) is 17.3. The smallest absolute Gasteiger partial charge is 0.340 e. The van der Waals surface area contributed by atoms with Crippen LogP contribution in [0, 0.1) is 6.92 Å². The Hall–Kier alpha value is -3.55. The SMILES string of the molecule is COC(=O)c1ccccc1N=Nc1c(CC(=O)O)nc2c(C)cccn12. The Bertz CT molecular complexity index is 1020. The minimum Gasteiger partial charge on any atom is -0.481 e. The number of carboxylic acids is 1. The molecule has 8 heteroatoms. The number of aliphatic carboxylic acids is 1. The van der Waals surface area contributed by atoms with Crippen LogP contribution in [0.5, 0.6) is 0 Å². The molecule has 3 aromatic rings. The third-order valence-corrected chi connectivity index (χ3v) is 3.77. The molecule has 0 amide bonds. The molecular weight excluding hydrogens is 336 g/mol. The quantitative estimate of drug-likeness (QED) is 0.559. The van der Waals surface area contributed by atoms with E-state index < -0.39 is 11.9 Å². The second kappa shape index (κ2) is 7.14. The normalized spacial score (nSPS) is 11.2. The van der Waals surface area contributed by atoms with E-state index in [1.807, 2.05) is 19.1 Å². The lowest BCUT2D eigenvalue weighted by atomic mass is 10.2. The molecule has 2 heterocycles. The summed E-state index contributed by atoms with van der Waals surface area (Å²) in [6, 6.07) is 10.3. The average Bonchev–Trinajstić information content (AvgIpc) is 2.97. The van der Waals surface area contributed by atoms with Crippen molar-refractivity contribution in [3.05, 3.63) is 59.4 Å². The van der Waals surface area contributed by atoms with Crippen LogP contribution < -0.4 is 0 Å². The standard InChI is InChI=1S/C18H16N4O4/c1-11-6-5-9-22-16(11)19-14(10-15(23)24)17(22)21-20-13-8-4-3-7-12(13)18(25)26-2/h3-9H,10H2,1-2H3,(H,23,24). The lowest BCUT2D eigenvalue weighted by Gasteiger charge is -2.02. The predicted octanol–water partition coefficient (Wildman–Crippen LogP) is 3.47. The molecular formula is C18H16N4O4. The Morgan fingerprint density at radius 1 is 1.19 bits per heavy atom. The first-order valence-electron chi connectivity index (χ1n) is 7.78. The third kappa shape index (κ3) is 3.30. The van der Waals surface area contributed by atoms with Crippen LogP contribution in [0.15, 0.2) is 52.8 Å². The number of hydrogen-bond acceptors (Lipinski definition) is 6. The minimum absolute atomic E-state index is 0.267. The number of ether oxygens (including phenoxy) is 1. The van der Waals surface area contributed by atoms with Crippen molar-refractivity contribution in [2.75, 3.05) is 7.11 Å². The van der Waals surface area contributed by atoms with Crippen molar-refractivity contribution in [2.24, 2.45) is 10.2 Å². The number of carboxylic acid groups (broad SMARTS) is 1. The Morgan fingerprint density at radius 2 is 1.96 bits per heavy atom. The van der Waals surface area contributed by atoms with E-state index in [2.05, 4.69) is 15.2 Å². The number of carbonyl (C=O) groups excluding carboxylic acids is 1. The van der Waals surface area contributed by atoms with Crippen LogP contribution >= 0.6 is 0 Å². The number of imidazole rings is 1. The van der Waals surface area contributed by atoms with Gasteiger partial charge in [-0.3, -0.25) is 9.20 Å².